The minimum atomic E-state index is -0.889. The number of carboxylic acid groups (broad SMARTS) is 1. The van der Waals surface area contributed by atoms with Gasteiger partial charge in [0.15, 0.2) is 0 Å². The molecule has 0 heterocycles. The molecule has 108 valence electrons. The van der Waals surface area contributed by atoms with Crippen LogP contribution in [0.1, 0.15) is 59.8 Å². The van der Waals surface area contributed by atoms with Crippen LogP contribution in [0.5, 0.6) is 0 Å². The van der Waals surface area contributed by atoms with Gasteiger partial charge in [0.05, 0.1) is 6.10 Å². The molecule has 2 N–H and O–H groups in total. The Kier molecular flexibility index (Phi) is 9.02. The Balaban J connectivity index is 4.10. The highest BCUT2D eigenvalue weighted by Crippen LogP contribution is 2.15. The number of ether oxygens (including phenoxy) is 1. The van der Waals surface area contributed by atoms with Crippen molar-refractivity contribution in [2.75, 3.05) is 13.2 Å². The smallest absolute Gasteiger partial charge is 0.323 e. The van der Waals surface area contributed by atoms with Crippen LogP contribution in [0.4, 0.5) is 0 Å². The zero-order valence-electron chi connectivity index (χ0n) is 12.3. The molecule has 4 heteroatoms. The van der Waals surface area contributed by atoms with Gasteiger partial charge in [-0.1, -0.05) is 26.7 Å². The molecule has 0 saturated carbocycles. The molecule has 0 aliphatic heterocycles. The Bertz CT molecular complexity index is 233. The first kappa shape index (κ1) is 17.4. The summed E-state index contributed by atoms with van der Waals surface area (Å²) in [5, 5.41) is 12.4. The molecule has 2 atom stereocenters. The van der Waals surface area contributed by atoms with Crippen LogP contribution in [0.15, 0.2) is 0 Å². The summed E-state index contributed by atoms with van der Waals surface area (Å²) in [5.74, 6) is -0.806. The van der Waals surface area contributed by atoms with Crippen LogP contribution in [0.25, 0.3) is 0 Å². The van der Waals surface area contributed by atoms with Crippen LogP contribution in [-0.4, -0.2) is 35.9 Å². The zero-order chi connectivity index (χ0) is 14.0. The standard InChI is InChI=1S/C14H29NO3/c1-5-7-8-10-18-12(3)11-14(4,13(16)17)15-9-6-2/h12,15H,5-11H2,1-4H3,(H,16,17). The SMILES string of the molecule is CCCCCOC(C)CC(C)(NCCC)C(=O)O. The van der Waals surface area contributed by atoms with E-state index in [0.29, 0.717) is 13.0 Å². The molecular weight excluding hydrogens is 230 g/mol. The van der Waals surface area contributed by atoms with E-state index in [0.717, 1.165) is 25.9 Å². The van der Waals surface area contributed by atoms with Crippen LogP contribution in [-0.2, 0) is 9.53 Å². The molecule has 0 bridgehead atoms. The number of carboxylic acids is 1. The molecular formula is C14H29NO3. The molecule has 0 aliphatic rings. The summed E-state index contributed by atoms with van der Waals surface area (Å²) in [6.45, 7) is 9.29. The van der Waals surface area contributed by atoms with Crippen molar-refractivity contribution in [3.8, 4) is 0 Å². The van der Waals surface area contributed by atoms with Crippen molar-refractivity contribution in [2.45, 2.75) is 71.4 Å². The van der Waals surface area contributed by atoms with Crippen molar-refractivity contribution in [3.05, 3.63) is 0 Å². The van der Waals surface area contributed by atoms with Crippen molar-refractivity contribution in [1.29, 1.82) is 0 Å². The van der Waals surface area contributed by atoms with Gasteiger partial charge in [0.25, 0.3) is 0 Å². The van der Waals surface area contributed by atoms with Gasteiger partial charge in [0, 0.05) is 13.0 Å². The number of carbonyl (C=O) groups is 1. The van der Waals surface area contributed by atoms with Crippen molar-refractivity contribution in [2.24, 2.45) is 0 Å². The predicted octanol–water partition coefficient (Wildman–Crippen LogP) is 2.81. The van der Waals surface area contributed by atoms with Crippen molar-refractivity contribution >= 4 is 5.97 Å². The summed E-state index contributed by atoms with van der Waals surface area (Å²) >= 11 is 0. The number of nitrogens with one attached hydrogen (secondary N) is 1. The van der Waals surface area contributed by atoms with Crippen molar-refractivity contribution in [1.82, 2.24) is 5.32 Å². The monoisotopic (exact) mass is 259 g/mol. The van der Waals surface area contributed by atoms with Crippen LogP contribution in [0, 0.1) is 0 Å². The van der Waals surface area contributed by atoms with Gasteiger partial charge in [0.1, 0.15) is 5.54 Å². The lowest BCUT2D eigenvalue weighted by atomic mass is 9.94. The van der Waals surface area contributed by atoms with Gasteiger partial charge in [-0.3, -0.25) is 4.79 Å². The fourth-order valence-electron chi connectivity index (χ4n) is 1.91. The highest BCUT2D eigenvalue weighted by Gasteiger charge is 2.34. The lowest BCUT2D eigenvalue weighted by Gasteiger charge is -2.29. The maximum Gasteiger partial charge on any atom is 0.323 e. The van der Waals surface area contributed by atoms with Gasteiger partial charge in [-0.05, 0) is 33.2 Å². The molecule has 0 aromatic heterocycles. The third-order valence-corrected chi connectivity index (χ3v) is 3.08. The van der Waals surface area contributed by atoms with Crippen molar-refractivity contribution < 1.29 is 14.6 Å². The number of aliphatic carboxylic acids is 1. The summed E-state index contributed by atoms with van der Waals surface area (Å²) in [7, 11) is 0. The molecule has 18 heavy (non-hydrogen) atoms. The third-order valence-electron chi connectivity index (χ3n) is 3.08. The third kappa shape index (κ3) is 6.97. The van der Waals surface area contributed by atoms with Gasteiger partial charge in [-0.15, -0.1) is 0 Å². The Morgan fingerprint density at radius 3 is 2.50 bits per heavy atom. The highest BCUT2D eigenvalue weighted by atomic mass is 16.5. The molecule has 0 aliphatic carbocycles. The van der Waals surface area contributed by atoms with E-state index < -0.39 is 11.5 Å². The quantitative estimate of drug-likeness (QED) is 0.560. The molecule has 0 radical (unpaired) electrons. The summed E-state index contributed by atoms with van der Waals surface area (Å²) < 4.78 is 5.67. The highest BCUT2D eigenvalue weighted by molar-refractivity contribution is 5.78. The van der Waals surface area contributed by atoms with E-state index in [1.807, 2.05) is 13.8 Å². The summed E-state index contributed by atoms with van der Waals surface area (Å²) in [5.41, 5.74) is -0.889. The van der Waals surface area contributed by atoms with E-state index in [2.05, 4.69) is 12.2 Å². The molecule has 0 rings (SSSR count). The van der Waals surface area contributed by atoms with E-state index in [-0.39, 0.29) is 6.10 Å². The molecule has 0 fully saturated rings. The molecule has 0 aromatic carbocycles. The lowest BCUT2D eigenvalue weighted by molar-refractivity contribution is -0.146. The van der Waals surface area contributed by atoms with E-state index in [1.165, 1.54) is 6.42 Å². The van der Waals surface area contributed by atoms with Crippen LogP contribution in [0.3, 0.4) is 0 Å². The Morgan fingerprint density at radius 2 is 2.00 bits per heavy atom. The molecule has 0 saturated heterocycles. The molecule has 4 nitrogen and oxygen atoms in total. The minimum absolute atomic E-state index is 0.0349. The second-order valence-electron chi connectivity index (χ2n) is 5.16. The minimum Gasteiger partial charge on any atom is -0.480 e. The van der Waals surface area contributed by atoms with E-state index in [1.54, 1.807) is 6.92 Å². The zero-order valence-corrected chi connectivity index (χ0v) is 12.3. The lowest BCUT2D eigenvalue weighted by Crippen LogP contribution is -2.51. The number of hydrogen-bond acceptors (Lipinski definition) is 3. The first-order chi connectivity index (χ1) is 8.46. The van der Waals surface area contributed by atoms with E-state index in [9.17, 15) is 9.90 Å². The maximum absolute atomic E-state index is 11.3. The van der Waals surface area contributed by atoms with Crippen molar-refractivity contribution in [3.63, 3.8) is 0 Å². The number of unbranched alkanes of at least 4 members (excludes halogenated alkanes) is 2. The first-order valence-corrected chi connectivity index (χ1v) is 7.06. The Morgan fingerprint density at radius 1 is 1.33 bits per heavy atom. The largest absolute Gasteiger partial charge is 0.480 e. The van der Waals surface area contributed by atoms with Gasteiger partial charge in [-0.25, -0.2) is 0 Å². The molecule has 0 aromatic rings. The van der Waals surface area contributed by atoms with Gasteiger partial charge in [0.2, 0.25) is 0 Å². The van der Waals surface area contributed by atoms with Crippen LogP contribution < -0.4 is 5.32 Å². The molecule has 2 unspecified atom stereocenters. The average molecular weight is 259 g/mol. The second-order valence-corrected chi connectivity index (χ2v) is 5.16. The summed E-state index contributed by atoms with van der Waals surface area (Å²) in [4.78, 5) is 11.3. The second kappa shape index (κ2) is 9.34. The fourth-order valence-corrected chi connectivity index (χ4v) is 1.91. The fraction of sp³-hybridized carbons (Fsp3) is 0.929. The summed E-state index contributed by atoms with van der Waals surface area (Å²) in [6.07, 6.45) is 4.77. The van der Waals surface area contributed by atoms with Gasteiger partial charge in [-0.2, -0.15) is 0 Å². The Hall–Kier alpha value is -0.610. The van der Waals surface area contributed by atoms with Gasteiger partial charge >= 0.3 is 5.97 Å². The van der Waals surface area contributed by atoms with E-state index in [4.69, 9.17) is 4.74 Å². The molecule has 0 spiro atoms. The topological polar surface area (TPSA) is 58.6 Å². The maximum atomic E-state index is 11.3. The van der Waals surface area contributed by atoms with Gasteiger partial charge < -0.3 is 15.2 Å². The number of hydrogen-bond donors (Lipinski definition) is 2. The molecule has 0 amide bonds. The van der Waals surface area contributed by atoms with Crippen LogP contribution in [0.2, 0.25) is 0 Å². The number of rotatable bonds is 11. The normalized spacial score (nSPS) is 16.2. The summed E-state index contributed by atoms with van der Waals surface area (Å²) in [6, 6.07) is 0. The van der Waals surface area contributed by atoms with Crippen LogP contribution >= 0.6 is 0 Å². The van der Waals surface area contributed by atoms with E-state index >= 15 is 0 Å². The average Bonchev–Trinajstić information content (AvgIpc) is 2.32. The predicted molar refractivity (Wildman–Crippen MR) is 73.9 cm³/mol. The first-order valence-electron chi connectivity index (χ1n) is 7.06. The Labute approximate surface area is 111 Å².